The molecular formula is C32H32F3N5O4. The zero-order valence-corrected chi connectivity index (χ0v) is 24.3. The lowest BCUT2D eigenvalue weighted by Crippen LogP contribution is -2.42. The quantitative estimate of drug-likeness (QED) is 0.409. The van der Waals surface area contributed by atoms with Crippen LogP contribution in [0.25, 0.3) is 0 Å². The Bertz CT molecular complexity index is 1640. The summed E-state index contributed by atoms with van der Waals surface area (Å²) in [6.07, 6.45) is -0.917. The highest BCUT2D eigenvalue weighted by Gasteiger charge is 2.59. The van der Waals surface area contributed by atoms with Gasteiger partial charge < -0.3 is 29.9 Å². The second-order valence-corrected chi connectivity index (χ2v) is 12.0. The topological polar surface area (TPSA) is 96.0 Å². The van der Waals surface area contributed by atoms with E-state index in [9.17, 15) is 22.8 Å². The highest BCUT2D eigenvalue weighted by molar-refractivity contribution is 5.96. The third-order valence-corrected chi connectivity index (χ3v) is 9.06. The summed E-state index contributed by atoms with van der Waals surface area (Å²) in [5, 5.41) is 5.64. The summed E-state index contributed by atoms with van der Waals surface area (Å²) in [4.78, 5) is 33.0. The summed E-state index contributed by atoms with van der Waals surface area (Å²) in [7, 11) is 3.97. The monoisotopic (exact) mass is 607 g/mol. The Morgan fingerprint density at radius 3 is 2.66 bits per heavy atom. The van der Waals surface area contributed by atoms with Crippen LogP contribution in [0.2, 0.25) is 0 Å². The number of rotatable bonds is 6. The number of hydrogen-bond donors (Lipinski definition) is 2. The number of fused-ring (bicyclic) bond motifs is 4. The Kier molecular flexibility index (Phi) is 6.91. The van der Waals surface area contributed by atoms with Crippen LogP contribution in [0.3, 0.4) is 0 Å². The molecule has 4 aliphatic rings. The first-order chi connectivity index (χ1) is 21.1. The van der Waals surface area contributed by atoms with Crippen molar-refractivity contribution in [3.8, 4) is 17.2 Å². The predicted molar refractivity (Wildman–Crippen MR) is 156 cm³/mol. The highest BCUT2D eigenvalue weighted by atomic mass is 19.4. The van der Waals surface area contributed by atoms with E-state index < -0.39 is 17.6 Å². The van der Waals surface area contributed by atoms with Crippen LogP contribution in [0, 0.1) is 0 Å². The molecule has 0 spiro atoms. The van der Waals surface area contributed by atoms with Gasteiger partial charge in [0.1, 0.15) is 29.2 Å². The molecule has 0 unspecified atom stereocenters. The third-order valence-electron chi connectivity index (χ3n) is 9.06. The number of nitrogens with one attached hydrogen (secondary N) is 2. The molecule has 3 aromatic rings. The second kappa shape index (κ2) is 10.7. The maximum absolute atomic E-state index is 14.2. The summed E-state index contributed by atoms with van der Waals surface area (Å²) in [6.45, 7) is 1.04. The molecule has 0 bridgehead atoms. The molecule has 2 N–H and O–H groups in total. The van der Waals surface area contributed by atoms with E-state index in [1.54, 1.807) is 29.3 Å². The zero-order valence-electron chi connectivity index (χ0n) is 24.3. The van der Waals surface area contributed by atoms with E-state index in [4.69, 9.17) is 9.47 Å². The maximum atomic E-state index is 14.2. The summed E-state index contributed by atoms with van der Waals surface area (Å²) < 4.78 is 54.7. The molecule has 4 heterocycles. The average Bonchev–Trinajstić information content (AvgIpc) is 3.52. The molecule has 2 aromatic carbocycles. The first-order valence-electron chi connectivity index (χ1n) is 14.8. The number of amides is 2. The van der Waals surface area contributed by atoms with Crippen molar-refractivity contribution >= 4 is 23.3 Å². The fourth-order valence-corrected chi connectivity index (χ4v) is 6.59. The number of carbonyl (C=O) groups is 2. The lowest BCUT2D eigenvalue weighted by atomic mass is 10.0. The zero-order chi connectivity index (χ0) is 30.7. The molecule has 2 amide bonds. The van der Waals surface area contributed by atoms with Gasteiger partial charge in [0.25, 0.3) is 5.91 Å². The van der Waals surface area contributed by atoms with Crippen molar-refractivity contribution in [2.24, 2.45) is 0 Å². The standard InChI is InChI=1S/C32H32F3N5O4/c1-39(2)18-10-13-40(14-11-18)23-6-3-17(15-22(23)32(33,34)35)31(42)38-28-27-21-16-19(4-7-24(21)44-29(27)28)43-25-9-12-36-30-20(25)5-8-26(41)37-30/h3-4,6-7,9,12,15-16,18,27-29H,5,8,10-11,13-14H2,1-2H3,(H,38,42)(H,36,37,41)/t27-,28+,29-/m0/s1. The van der Waals surface area contributed by atoms with Crippen LogP contribution >= 0.6 is 0 Å². The van der Waals surface area contributed by atoms with Gasteiger partial charge in [-0.2, -0.15) is 13.2 Å². The SMILES string of the molecule is CN(C)C1CCN(c2ccc(C(=O)N[C@H]3[C@H]4Oc5ccc(Oc6ccnc7c6CCC(=O)N7)cc5[C@@H]34)cc2C(F)(F)F)CC1. The lowest BCUT2D eigenvalue weighted by Gasteiger charge is -2.37. The molecule has 1 aromatic heterocycles. The first-order valence-corrected chi connectivity index (χ1v) is 14.8. The number of benzene rings is 2. The highest BCUT2D eigenvalue weighted by Crippen LogP contribution is 2.55. The number of piperidine rings is 1. The number of anilines is 2. The normalized spacial score (nSPS) is 22.5. The smallest absolute Gasteiger partial charge is 0.418 e. The largest absolute Gasteiger partial charge is 0.487 e. The van der Waals surface area contributed by atoms with Gasteiger partial charge in [0.2, 0.25) is 5.91 Å². The number of carbonyl (C=O) groups excluding carboxylic acids is 2. The van der Waals surface area contributed by atoms with Crippen molar-refractivity contribution in [1.29, 1.82) is 0 Å². The molecule has 7 rings (SSSR count). The Labute approximate surface area is 252 Å². The molecule has 1 saturated carbocycles. The molecule has 44 heavy (non-hydrogen) atoms. The average molecular weight is 608 g/mol. The second-order valence-electron chi connectivity index (χ2n) is 12.0. The molecule has 2 fully saturated rings. The molecule has 12 heteroatoms. The van der Waals surface area contributed by atoms with Crippen LogP contribution in [-0.4, -0.2) is 67.1 Å². The van der Waals surface area contributed by atoms with Gasteiger partial charge in [-0.25, -0.2) is 4.98 Å². The van der Waals surface area contributed by atoms with Gasteiger partial charge in [-0.1, -0.05) is 0 Å². The van der Waals surface area contributed by atoms with Crippen molar-refractivity contribution in [3.63, 3.8) is 0 Å². The van der Waals surface area contributed by atoms with E-state index in [1.165, 1.54) is 12.1 Å². The van der Waals surface area contributed by atoms with Crippen molar-refractivity contribution in [1.82, 2.24) is 15.2 Å². The van der Waals surface area contributed by atoms with E-state index in [-0.39, 0.29) is 35.2 Å². The van der Waals surface area contributed by atoms with Crippen LogP contribution in [0.4, 0.5) is 24.7 Å². The van der Waals surface area contributed by atoms with Crippen molar-refractivity contribution in [2.75, 3.05) is 37.4 Å². The van der Waals surface area contributed by atoms with Crippen LogP contribution < -0.4 is 25.0 Å². The van der Waals surface area contributed by atoms with Gasteiger partial charge in [0.05, 0.1) is 17.5 Å². The number of aromatic nitrogens is 1. The summed E-state index contributed by atoms with van der Waals surface area (Å²) in [5.41, 5.74) is 0.950. The molecule has 1 aliphatic carbocycles. The first kappa shape index (κ1) is 28.5. The van der Waals surface area contributed by atoms with Gasteiger partial charge in [0.15, 0.2) is 0 Å². The van der Waals surface area contributed by atoms with E-state index in [2.05, 4.69) is 20.5 Å². The number of alkyl halides is 3. The minimum Gasteiger partial charge on any atom is -0.487 e. The van der Waals surface area contributed by atoms with Crippen LogP contribution in [-0.2, 0) is 17.4 Å². The minimum atomic E-state index is -4.60. The van der Waals surface area contributed by atoms with Crippen LogP contribution in [0.15, 0.2) is 48.7 Å². The fraction of sp³-hybridized carbons (Fsp3) is 0.406. The van der Waals surface area contributed by atoms with Gasteiger partial charge in [-0.3, -0.25) is 9.59 Å². The van der Waals surface area contributed by atoms with E-state index in [0.717, 1.165) is 30.0 Å². The lowest BCUT2D eigenvalue weighted by molar-refractivity contribution is -0.137. The molecule has 0 radical (unpaired) electrons. The van der Waals surface area contributed by atoms with E-state index >= 15 is 0 Å². The van der Waals surface area contributed by atoms with E-state index in [1.807, 2.05) is 20.2 Å². The summed E-state index contributed by atoms with van der Waals surface area (Å²) in [5.74, 6) is 1.54. The van der Waals surface area contributed by atoms with Gasteiger partial charge in [0, 0.05) is 54.1 Å². The van der Waals surface area contributed by atoms with Crippen LogP contribution in [0.5, 0.6) is 17.2 Å². The van der Waals surface area contributed by atoms with Crippen molar-refractivity contribution < 1.29 is 32.2 Å². The number of nitrogens with zero attached hydrogens (tertiary/aromatic N) is 3. The Morgan fingerprint density at radius 2 is 1.91 bits per heavy atom. The third kappa shape index (κ3) is 5.21. The molecular weight excluding hydrogens is 575 g/mol. The fourth-order valence-electron chi connectivity index (χ4n) is 6.59. The molecule has 3 aliphatic heterocycles. The molecule has 3 atom stereocenters. The Hall–Kier alpha value is -4.32. The number of hydrogen-bond acceptors (Lipinski definition) is 7. The summed E-state index contributed by atoms with van der Waals surface area (Å²) in [6, 6.07) is 11.0. The Balaban J connectivity index is 1.05. The van der Waals surface area contributed by atoms with Gasteiger partial charge >= 0.3 is 6.18 Å². The van der Waals surface area contributed by atoms with Gasteiger partial charge in [-0.15, -0.1) is 0 Å². The van der Waals surface area contributed by atoms with Crippen LogP contribution in [0.1, 0.15) is 52.2 Å². The van der Waals surface area contributed by atoms with Crippen molar-refractivity contribution in [3.05, 3.63) is 70.9 Å². The maximum Gasteiger partial charge on any atom is 0.418 e. The van der Waals surface area contributed by atoms with Crippen molar-refractivity contribution in [2.45, 2.75) is 56.0 Å². The predicted octanol–water partition coefficient (Wildman–Crippen LogP) is 4.96. The number of halogens is 3. The molecule has 9 nitrogen and oxygen atoms in total. The number of ether oxygens (including phenoxy) is 2. The Morgan fingerprint density at radius 1 is 1.11 bits per heavy atom. The molecule has 1 saturated heterocycles. The number of pyridine rings is 1. The summed E-state index contributed by atoms with van der Waals surface area (Å²) >= 11 is 0. The molecule has 230 valence electrons. The van der Waals surface area contributed by atoms with E-state index in [0.29, 0.717) is 55.0 Å². The van der Waals surface area contributed by atoms with Gasteiger partial charge in [-0.05, 0) is 75.8 Å². The minimum absolute atomic E-state index is 0.0407.